The van der Waals surface area contributed by atoms with Crippen molar-refractivity contribution in [2.75, 3.05) is 0 Å². The van der Waals surface area contributed by atoms with Crippen LogP contribution in [0.2, 0.25) is 0 Å². The van der Waals surface area contributed by atoms with Crippen molar-refractivity contribution in [1.29, 1.82) is 0 Å². The van der Waals surface area contributed by atoms with Gasteiger partial charge in [-0.15, -0.1) is 11.6 Å². The first kappa shape index (κ1) is 12.0. The molecule has 18 heavy (non-hydrogen) atoms. The molecule has 4 heteroatoms. The summed E-state index contributed by atoms with van der Waals surface area (Å²) in [5.74, 6) is 1.76. The van der Waals surface area contributed by atoms with Crippen molar-refractivity contribution in [2.24, 2.45) is 5.92 Å². The molecule has 0 aromatic carbocycles. The minimum atomic E-state index is -0.0737. The van der Waals surface area contributed by atoms with Crippen molar-refractivity contribution in [3.8, 4) is 0 Å². The molecule has 0 bridgehead atoms. The number of nitrogens with zero attached hydrogens (tertiary/aromatic N) is 3. The third kappa shape index (κ3) is 1.81. The van der Waals surface area contributed by atoms with Crippen LogP contribution < -0.4 is 0 Å². The van der Waals surface area contributed by atoms with Crippen molar-refractivity contribution in [3.05, 3.63) is 23.7 Å². The molecular weight excluding hydrogens is 246 g/mol. The Morgan fingerprint density at radius 2 is 2.06 bits per heavy atom. The average Bonchev–Trinajstić information content (AvgIpc) is 2.63. The lowest BCUT2D eigenvalue weighted by molar-refractivity contribution is 0.215. The molecule has 1 fully saturated rings. The zero-order chi connectivity index (χ0) is 12.9. The topological polar surface area (TPSA) is 30.7 Å². The molecule has 1 atom stereocenters. The fourth-order valence-electron chi connectivity index (χ4n) is 2.80. The number of fused-ring (bicyclic) bond motifs is 1. The first-order valence-electron chi connectivity index (χ1n) is 6.56. The molecule has 0 amide bonds. The van der Waals surface area contributed by atoms with Gasteiger partial charge >= 0.3 is 0 Å². The van der Waals surface area contributed by atoms with Crippen LogP contribution >= 0.6 is 11.6 Å². The van der Waals surface area contributed by atoms with E-state index in [1.165, 1.54) is 12.8 Å². The summed E-state index contributed by atoms with van der Waals surface area (Å²) in [6, 6.07) is 4.57. The second kappa shape index (κ2) is 4.23. The van der Waals surface area contributed by atoms with Gasteiger partial charge in [0.1, 0.15) is 11.3 Å². The molecule has 3 nitrogen and oxygen atoms in total. The number of aromatic nitrogens is 3. The molecule has 0 saturated heterocycles. The predicted octanol–water partition coefficient (Wildman–Crippen LogP) is 4.01. The fourth-order valence-corrected chi connectivity index (χ4v) is 2.95. The van der Waals surface area contributed by atoms with Gasteiger partial charge in [-0.25, -0.2) is 9.97 Å². The maximum absolute atomic E-state index is 6.27. The Morgan fingerprint density at radius 1 is 1.33 bits per heavy atom. The summed E-state index contributed by atoms with van der Waals surface area (Å²) >= 11 is 6.27. The summed E-state index contributed by atoms with van der Waals surface area (Å²) in [5.41, 5.74) is 2.99. The number of aryl methyl sites for hydroxylation is 1. The van der Waals surface area contributed by atoms with Gasteiger partial charge in [0.05, 0.1) is 5.38 Å². The van der Waals surface area contributed by atoms with Crippen LogP contribution in [0.5, 0.6) is 0 Å². The highest BCUT2D eigenvalue weighted by molar-refractivity contribution is 6.20. The van der Waals surface area contributed by atoms with Crippen molar-refractivity contribution < 1.29 is 0 Å². The number of hydrogen-bond acceptors (Lipinski definition) is 2. The maximum Gasteiger partial charge on any atom is 0.160 e. The van der Waals surface area contributed by atoms with Crippen LogP contribution in [0, 0.1) is 12.8 Å². The molecule has 1 aliphatic rings. The van der Waals surface area contributed by atoms with Crippen LogP contribution in [0.4, 0.5) is 0 Å². The van der Waals surface area contributed by atoms with Crippen LogP contribution in [0.15, 0.2) is 12.1 Å². The van der Waals surface area contributed by atoms with Gasteiger partial charge in [0, 0.05) is 11.7 Å². The highest BCUT2D eigenvalue weighted by atomic mass is 35.5. The summed E-state index contributed by atoms with van der Waals surface area (Å²) in [5, 5.41) is -0.0737. The minimum absolute atomic E-state index is 0.0737. The second-order valence-electron chi connectivity index (χ2n) is 5.48. The number of halogens is 1. The van der Waals surface area contributed by atoms with Gasteiger partial charge in [0.15, 0.2) is 5.65 Å². The van der Waals surface area contributed by atoms with Crippen LogP contribution in [0.3, 0.4) is 0 Å². The number of hydrogen-bond donors (Lipinski definition) is 0. The van der Waals surface area contributed by atoms with Crippen molar-refractivity contribution >= 4 is 22.8 Å². The smallest absolute Gasteiger partial charge is 0.160 e. The molecule has 0 N–H and O–H groups in total. The highest BCUT2D eigenvalue weighted by Crippen LogP contribution is 2.41. The summed E-state index contributed by atoms with van der Waals surface area (Å²) < 4.78 is 2.26. The second-order valence-corrected chi connectivity index (χ2v) is 6.14. The zero-order valence-electron chi connectivity index (χ0n) is 11.0. The predicted molar refractivity (Wildman–Crippen MR) is 74.0 cm³/mol. The fraction of sp³-hybridized carbons (Fsp3) is 0.571. The Morgan fingerprint density at radius 3 is 2.67 bits per heavy atom. The Balaban J connectivity index is 2.17. The van der Waals surface area contributed by atoms with Crippen LogP contribution in [0.25, 0.3) is 11.2 Å². The lowest BCUT2D eigenvalue weighted by atomic mass is 9.81. The molecule has 0 aliphatic heterocycles. The standard InChI is InChI=1S/C14H18ClN3/c1-8-6-11(7-8)18-13(10(3)15)17-12-5-4-9(2)16-14(12)18/h4-5,8,10-11H,6-7H2,1-3H3. The number of rotatable bonds is 2. The summed E-state index contributed by atoms with van der Waals surface area (Å²) in [6.45, 7) is 6.29. The van der Waals surface area contributed by atoms with E-state index in [-0.39, 0.29) is 5.38 Å². The molecule has 2 aromatic heterocycles. The van der Waals surface area contributed by atoms with E-state index in [1.807, 2.05) is 26.0 Å². The van der Waals surface area contributed by atoms with Crippen LogP contribution in [-0.4, -0.2) is 14.5 Å². The Labute approximate surface area is 112 Å². The molecular formula is C14H18ClN3. The molecule has 2 aromatic rings. The Bertz CT molecular complexity index is 582. The molecule has 0 radical (unpaired) electrons. The minimum Gasteiger partial charge on any atom is -0.308 e. The van der Waals surface area contributed by atoms with E-state index in [9.17, 15) is 0 Å². The number of pyridine rings is 1. The van der Waals surface area contributed by atoms with E-state index in [2.05, 4.69) is 21.5 Å². The zero-order valence-corrected chi connectivity index (χ0v) is 11.8. The van der Waals surface area contributed by atoms with Crippen LogP contribution in [-0.2, 0) is 0 Å². The molecule has 0 spiro atoms. The largest absolute Gasteiger partial charge is 0.308 e. The molecule has 1 unspecified atom stereocenters. The molecule has 3 rings (SSSR count). The normalized spacial score (nSPS) is 25.1. The summed E-state index contributed by atoms with van der Waals surface area (Å²) in [4.78, 5) is 9.30. The molecule has 1 saturated carbocycles. The first-order valence-corrected chi connectivity index (χ1v) is 6.99. The maximum atomic E-state index is 6.27. The molecule has 96 valence electrons. The van der Waals surface area contributed by atoms with Crippen molar-refractivity contribution in [2.45, 2.75) is 45.0 Å². The highest BCUT2D eigenvalue weighted by Gasteiger charge is 2.31. The molecule has 1 aliphatic carbocycles. The van der Waals surface area contributed by atoms with Gasteiger partial charge in [-0.2, -0.15) is 0 Å². The van der Waals surface area contributed by atoms with Gasteiger partial charge < -0.3 is 4.57 Å². The first-order chi connectivity index (χ1) is 8.56. The van der Waals surface area contributed by atoms with E-state index >= 15 is 0 Å². The van der Waals surface area contributed by atoms with Crippen molar-refractivity contribution in [3.63, 3.8) is 0 Å². The van der Waals surface area contributed by atoms with E-state index in [1.54, 1.807) is 0 Å². The van der Waals surface area contributed by atoms with Gasteiger partial charge in [-0.3, -0.25) is 0 Å². The monoisotopic (exact) mass is 263 g/mol. The lowest BCUT2D eigenvalue weighted by Crippen LogP contribution is -2.26. The van der Waals surface area contributed by atoms with Gasteiger partial charge in [0.25, 0.3) is 0 Å². The molecule has 2 heterocycles. The van der Waals surface area contributed by atoms with E-state index in [0.717, 1.165) is 28.6 Å². The van der Waals surface area contributed by atoms with Gasteiger partial charge in [-0.1, -0.05) is 6.92 Å². The van der Waals surface area contributed by atoms with Gasteiger partial charge in [0.2, 0.25) is 0 Å². The SMILES string of the molecule is Cc1ccc2nc(C(C)Cl)n(C3CC(C)C3)c2n1. The Kier molecular flexibility index (Phi) is 2.81. The average molecular weight is 264 g/mol. The Hall–Kier alpha value is -1.09. The third-order valence-corrected chi connectivity index (χ3v) is 3.97. The van der Waals surface area contributed by atoms with Crippen LogP contribution in [0.1, 0.15) is 49.6 Å². The summed E-state index contributed by atoms with van der Waals surface area (Å²) in [6.07, 6.45) is 2.41. The van der Waals surface area contributed by atoms with E-state index < -0.39 is 0 Å². The van der Waals surface area contributed by atoms with E-state index in [4.69, 9.17) is 11.6 Å². The number of alkyl halides is 1. The van der Waals surface area contributed by atoms with Crippen molar-refractivity contribution in [1.82, 2.24) is 14.5 Å². The quantitative estimate of drug-likeness (QED) is 0.767. The number of imidazole rings is 1. The third-order valence-electron chi connectivity index (χ3n) is 3.77. The van der Waals surface area contributed by atoms with E-state index in [0.29, 0.717) is 6.04 Å². The lowest BCUT2D eigenvalue weighted by Gasteiger charge is -2.35. The van der Waals surface area contributed by atoms with Gasteiger partial charge in [-0.05, 0) is 44.7 Å². The summed E-state index contributed by atoms with van der Waals surface area (Å²) in [7, 11) is 0.